The van der Waals surface area contributed by atoms with Gasteiger partial charge in [-0.05, 0) is 57.4 Å². The van der Waals surface area contributed by atoms with E-state index in [0.29, 0.717) is 6.42 Å². The summed E-state index contributed by atoms with van der Waals surface area (Å²) in [5, 5.41) is 8.79. The molecule has 0 spiro atoms. The van der Waals surface area contributed by atoms with Crippen LogP contribution in [0.2, 0.25) is 0 Å². The Bertz CT molecular complexity index is 734. The summed E-state index contributed by atoms with van der Waals surface area (Å²) >= 11 is 0. The Morgan fingerprint density at radius 2 is 0.953 bits per heavy atom. The average molecular weight is 601 g/mol. The van der Waals surface area contributed by atoms with Gasteiger partial charge in [0.1, 0.15) is 6.10 Å². The van der Waals surface area contributed by atoms with Crippen molar-refractivity contribution < 1.29 is 19.4 Å². The summed E-state index contributed by atoms with van der Waals surface area (Å²) in [6.07, 6.45) is 45.6. The van der Waals surface area contributed by atoms with Gasteiger partial charge in [-0.2, -0.15) is 0 Å². The Morgan fingerprint density at radius 1 is 0.535 bits per heavy atom. The van der Waals surface area contributed by atoms with Gasteiger partial charge in [-0.15, -0.1) is 0 Å². The first-order valence-electron chi connectivity index (χ1n) is 18.1. The molecular formula is C39H68O4. The van der Waals surface area contributed by atoms with Crippen molar-refractivity contribution in [2.24, 2.45) is 0 Å². The van der Waals surface area contributed by atoms with E-state index < -0.39 is 5.97 Å². The zero-order valence-electron chi connectivity index (χ0n) is 28.3. The summed E-state index contributed by atoms with van der Waals surface area (Å²) in [7, 11) is 0. The Morgan fingerprint density at radius 3 is 1.44 bits per heavy atom. The van der Waals surface area contributed by atoms with Gasteiger partial charge in [0.25, 0.3) is 0 Å². The van der Waals surface area contributed by atoms with E-state index in [9.17, 15) is 9.59 Å². The molecule has 0 aliphatic carbocycles. The first-order valence-corrected chi connectivity index (χ1v) is 18.1. The molecule has 43 heavy (non-hydrogen) atoms. The molecular weight excluding hydrogens is 532 g/mol. The van der Waals surface area contributed by atoms with Crippen LogP contribution in [-0.2, 0) is 14.3 Å². The van der Waals surface area contributed by atoms with Crippen LogP contribution in [0.5, 0.6) is 0 Å². The molecule has 1 N–H and O–H groups in total. The highest BCUT2D eigenvalue weighted by molar-refractivity contribution is 5.69. The number of hydrogen-bond donors (Lipinski definition) is 1. The summed E-state index contributed by atoms with van der Waals surface area (Å²) in [6, 6.07) is 0. The summed E-state index contributed by atoms with van der Waals surface area (Å²) in [6.45, 7) is 4.42. The van der Waals surface area contributed by atoms with E-state index in [1.54, 1.807) is 0 Å². The van der Waals surface area contributed by atoms with Crippen LogP contribution in [-0.4, -0.2) is 23.1 Å². The fourth-order valence-electron chi connectivity index (χ4n) is 5.15. The van der Waals surface area contributed by atoms with Gasteiger partial charge in [-0.3, -0.25) is 9.59 Å². The lowest BCUT2D eigenvalue weighted by Gasteiger charge is -2.14. The molecule has 0 bridgehead atoms. The minimum absolute atomic E-state index is 0.0761. The maximum Gasteiger partial charge on any atom is 0.306 e. The molecule has 0 saturated heterocycles. The Balaban J connectivity index is 4.18. The van der Waals surface area contributed by atoms with Crippen molar-refractivity contribution >= 4 is 11.9 Å². The van der Waals surface area contributed by atoms with Crippen LogP contribution in [0, 0.1) is 0 Å². The SMILES string of the molecule is CC/C=C\C/C=C\C/C=C\C/C=C\C(CCCCCCCC(=O)O)OC(=O)CCCCCCCCCCCCCCCC. The summed E-state index contributed by atoms with van der Waals surface area (Å²) in [4.78, 5) is 23.3. The number of aliphatic carboxylic acids is 1. The number of esters is 1. The molecule has 0 heterocycles. The highest BCUT2D eigenvalue weighted by atomic mass is 16.5. The highest BCUT2D eigenvalue weighted by Crippen LogP contribution is 2.16. The van der Waals surface area contributed by atoms with Crippen molar-refractivity contribution in [1.29, 1.82) is 0 Å². The average Bonchev–Trinajstić information content (AvgIpc) is 2.99. The molecule has 0 aliphatic heterocycles. The summed E-state index contributed by atoms with van der Waals surface area (Å²) < 4.78 is 5.87. The van der Waals surface area contributed by atoms with E-state index >= 15 is 0 Å². The van der Waals surface area contributed by atoms with Gasteiger partial charge in [0.05, 0.1) is 0 Å². The van der Waals surface area contributed by atoms with Crippen molar-refractivity contribution in [3.63, 3.8) is 0 Å². The maximum atomic E-state index is 12.6. The van der Waals surface area contributed by atoms with Crippen molar-refractivity contribution in [2.75, 3.05) is 0 Å². The monoisotopic (exact) mass is 601 g/mol. The first kappa shape index (κ1) is 40.9. The van der Waals surface area contributed by atoms with Crippen LogP contribution in [0.1, 0.15) is 181 Å². The largest absolute Gasteiger partial charge is 0.481 e. The molecule has 0 aromatic carbocycles. The van der Waals surface area contributed by atoms with E-state index in [0.717, 1.165) is 77.0 Å². The van der Waals surface area contributed by atoms with Gasteiger partial charge in [0.15, 0.2) is 0 Å². The number of unbranched alkanes of at least 4 members (excludes halogenated alkanes) is 17. The maximum absolute atomic E-state index is 12.6. The lowest BCUT2D eigenvalue weighted by Crippen LogP contribution is -2.16. The molecule has 0 aromatic rings. The van der Waals surface area contributed by atoms with Crippen LogP contribution in [0.15, 0.2) is 48.6 Å². The standard InChI is InChI=1S/C39H68O4/c1-3-5-7-9-11-13-15-16-17-19-21-23-28-32-36-39(42)43-37(34-30-26-24-27-31-35-38(40)41)33-29-25-22-20-18-14-12-10-8-6-4-2/h6,8,12,14,20,22,29,33,37H,3-5,7,9-11,13,15-19,21,23-28,30-32,34-36H2,1-2H3,(H,40,41)/b8-6-,14-12-,22-20-,33-29-. The Hall–Kier alpha value is -2.10. The van der Waals surface area contributed by atoms with E-state index in [2.05, 4.69) is 62.5 Å². The molecule has 0 rings (SSSR count). The third kappa shape index (κ3) is 34.3. The zero-order chi connectivity index (χ0) is 31.5. The van der Waals surface area contributed by atoms with Gasteiger partial charge >= 0.3 is 11.9 Å². The van der Waals surface area contributed by atoms with E-state index in [1.807, 2.05) is 0 Å². The molecule has 0 aliphatic rings. The van der Waals surface area contributed by atoms with E-state index in [-0.39, 0.29) is 18.5 Å². The minimum Gasteiger partial charge on any atom is -0.481 e. The zero-order valence-corrected chi connectivity index (χ0v) is 28.3. The summed E-state index contributed by atoms with van der Waals surface area (Å²) in [5.41, 5.74) is 0. The lowest BCUT2D eigenvalue weighted by molar-refractivity contribution is -0.147. The minimum atomic E-state index is -0.717. The second kappa shape index (κ2) is 34.4. The molecule has 248 valence electrons. The Kier molecular flexibility index (Phi) is 32.7. The molecule has 0 radical (unpaired) electrons. The predicted octanol–water partition coefficient (Wildman–Crippen LogP) is 12.4. The fourth-order valence-corrected chi connectivity index (χ4v) is 5.15. The smallest absolute Gasteiger partial charge is 0.306 e. The molecule has 0 fully saturated rings. The number of carboxylic acid groups (broad SMARTS) is 1. The fraction of sp³-hybridized carbons (Fsp3) is 0.744. The topological polar surface area (TPSA) is 63.6 Å². The van der Waals surface area contributed by atoms with Gasteiger partial charge in [0.2, 0.25) is 0 Å². The van der Waals surface area contributed by atoms with Crippen LogP contribution in [0.25, 0.3) is 0 Å². The molecule has 0 amide bonds. The first-order chi connectivity index (χ1) is 21.1. The van der Waals surface area contributed by atoms with Crippen LogP contribution in [0.4, 0.5) is 0 Å². The number of ether oxygens (including phenoxy) is 1. The van der Waals surface area contributed by atoms with Crippen molar-refractivity contribution in [3.8, 4) is 0 Å². The second-order valence-electron chi connectivity index (χ2n) is 12.0. The Labute approximate surface area is 266 Å². The van der Waals surface area contributed by atoms with Gasteiger partial charge in [-0.1, -0.05) is 159 Å². The number of hydrogen-bond acceptors (Lipinski definition) is 3. The summed E-state index contributed by atoms with van der Waals surface area (Å²) in [5.74, 6) is -0.794. The molecule has 0 aromatic heterocycles. The predicted molar refractivity (Wildman–Crippen MR) is 185 cm³/mol. The number of allylic oxidation sites excluding steroid dienone is 7. The van der Waals surface area contributed by atoms with Gasteiger partial charge in [0, 0.05) is 12.8 Å². The van der Waals surface area contributed by atoms with E-state index in [1.165, 1.54) is 77.0 Å². The molecule has 0 saturated carbocycles. The van der Waals surface area contributed by atoms with Crippen LogP contribution in [0.3, 0.4) is 0 Å². The third-order valence-corrected chi connectivity index (χ3v) is 7.80. The third-order valence-electron chi connectivity index (χ3n) is 7.80. The van der Waals surface area contributed by atoms with Crippen LogP contribution < -0.4 is 0 Å². The van der Waals surface area contributed by atoms with Crippen molar-refractivity contribution in [3.05, 3.63) is 48.6 Å². The van der Waals surface area contributed by atoms with Gasteiger partial charge in [-0.25, -0.2) is 0 Å². The quantitative estimate of drug-likeness (QED) is 0.0474. The second-order valence-corrected chi connectivity index (χ2v) is 12.0. The number of carbonyl (C=O) groups is 2. The lowest BCUT2D eigenvalue weighted by atomic mass is 10.0. The van der Waals surface area contributed by atoms with E-state index in [4.69, 9.17) is 9.84 Å². The van der Waals surface area contributed by atoms with Crippen LogP contribution >= 0.6 is 0 Å². The normalized spacial score (nSPS) is 12.8. The van der Waals surface area contributed by atoms with Gasteiger partial charge < -0.3 is 9.84 Å². The molecule has 1 unspecified atom stereocenters. The number of carbonyl (C=O) groups excluding carboxylic acids is 1. The number of rotatable bonds is 32. The van der Waals surface area contributed by atoms with Crippen molar-refractivity contribution in [1.82, 2.24) is 0 Å². The molecule has 1 atom stereocenters. The number of carboxylic acids is 1. The van der Waals surface area contributed by atoms with Crippen molar-refractivity contribution in [2.45, 2.75) is 187 Å². The molecule has 4 nitrogen and oxygen atoms in total. The highest BCUT2D eigenvalue weighted by Gasteiger charge is 2.11. The molecule has 4 heteroatoms.